The molecule has 0 spiro atoms. The van der Waals surface area contributed by atoms with E-state index in [1.165, 1.54) is 17.5 Å². The summed E-state index contributed by atoms with van der Waals surface area (Å²) in [6.45, 7) is 11.0. The number of carboxylic acid groups (broad SMARTS) is 1. The first-order chi connectivity index (χ1) is 9.36. The van der Waals surface area contributed by atoms with Gasteiger partial charge < -0.3 is 9.67 Å². The van der Waals surface area contributed by atoms with Crippen LogP contribution in [0.5, 0.6) is 0 Å². The Morgan fingerprint density at radius 3 is 2.55 bits per heavy atom. The van der Waals surface area contributed by atoms with Crippen molar-refractivity contribution in [3.05, 3.63) is 11.9 Å². The topological polar surface area (TPSA) is 55.1 Å². The lowest BCUT2D eigenvalue weighted by Gasteiger charge is -2.23. The van der Waals surface area contributed by atoms with Gasteiger partial charge in [-0.1, -0.05) is 45.9 Å². The number of hydrogen-bond donors (Lipinski definition) is 1. The van der Waals surface area contributed by atoms with Gasteiger partial charge in [-0.3, -0.25) is 4.79 Å². The second kappa shape index (κ2) is 7.72. The highest BCUT2D eigenvalue weighted by atomic mass is 32.2. The van der Waals surface area contributed by atoms with Crippen LogP contribution in [0.25, 0.3) is 0 Å². The van der Waals surface area contributed by atoms with Gasteiger partial charge in [0.15, 0.2) is 5.16 Å². The van der Waals surface area contributed by atoms with Crippen molar-refractivity contribution in [1.82, 2.24) is 9.55 Å². The molecule has 0 fully saturated rings. The Labute approximate surface area is 126 Å². The number of rotatable bonds is 8. The number of imidazole rings is 1. The molecule has 1 N–H and O–H groups in total. The molecule has 1 rings (SSSR count). The van der Waals surface area contributed by atoms with E-state index in [0.29, 0.717) is 17.9 Å². The van der Waals surface area contributed by atoms with Gasteiger partial charge in [0.25, 0.3) is 0 Å². The Bertz CT molecular complexity index is 443. The van der Waals surface area contributed by atoms with E-state index in [2.05, 4.69) is 44.2 Å². The van der Waals surface area contributed by atoms with Crippen molar-refractivity contribution in [2.45, 2.75) is 64.6 Å². The molecule has 0 aliphatic heterocycles. The Kier molecular flexibility index (Phi) is 6.59. The van der Waals surface area contributed by atoms with Crippen molar-refractivity contribution in [3.63, 3.8) is 0 Å². The van der Waals surface area contributed by atoms with Gasteiger partial charge >= 0.3 is 5.97 Å². The summed E-state index contributed by atoms with van der Waals surface area (Å²) in [6.07, 6.45) is 4.14. The summed E-state index contributed by atoms with van der Waals surface area (Å²) in [5.41, 5.74) is 1.19. The first-order valence-corrected chi connectivity index (χ1v) is 8.27. The molecule has 2 unspecified atom stereocenters. The number of carbonyl (C=O) groups is 1. The smallest absolute Gasteiger partial charge is 0.313 e. The van der Waals surface area contributed by atoms with Gasteiger partial charge in [0.05, 0.1) is 5.75 Å². The van der Waals surface area contributed by atoms with Crippen LogP contribution < -0.4 is 0 Å². The summed E-state index contributed by atoms with van der Waals surface area (Å²) < 4.78 is 2.23. The van der Waals surface area contributed by atoms with Crippen LogP contribution >= 0.6 is 11.8 Å². The zero-order valence-electron chi connectivity index (χ0n) is 13.1. The lowest BCUT2D eigenvalue weighted by molar-refractivity contribution is -0.133. The summed E-state index contributed by atoms with van der Waals surface area (Å²) in [5, 5.41) is 9.67. The van der Waals surface area contributed by atoms with E-state index in [1.54, 1.807) is 0 Å². The van der Waals surface area contributed by atoms with E-state index in [-0.39, 0.29) is 5.75 Å². The molecular formula is C15H26N2O2S. The van der Waals surface area contributed by atoms with Gasteiger partial charge in [0.2, 0.25) is 0 Å². The predicted molar refractivity (Wildman–Crippen MR) is 83.5 cm³/mol. The Morgan fingerprint density at radius 1 is 1.40 bits per heavy atom. The highest BCUT2D eigenvalue weighted by molar-refractivity contribution is 7.99. The van der Waals surface area contributed by atoms with Crippen molar-refractivity contribution in [3.8, 4) is 0 Å². The molecule has 20 heavy (non-hydrogen) atoms. The summed E-state index contributed by atoms with van der Waals surface area (Å²) in [6, 6.07) is 0.348. The van der Waals surface area contributed by atoms with Gasteiger partial charge in [-0.2, -0.15) is 0 Å². The Hall–Kier alpha value is -0.970. The molecule has 0 aliphatic rings. The van der Waals surface area contributed by atoms with E-state index in [9.17, 15) is 4.79 Å². The summed E-state index contributed by atoms with van der Waals surface area (Å²) in [4.78, 5) is 15.2. The third-order valence-corrected chi connectivity index (χ3v) is 4.54. The van der Waals surface area contributed by atoms with Gasteiger partial charge in [-0.05, 0) is 25.2 Å². The number of thioether (sulfide) groups is 1. The second-order valence-corrected chi connectivity index (χ2v) is 6.71. The minimum atomic E-state index is -0.801. The van der Waals surface area contributed by atoms with Gasteiger partial charge in [-0.25, -0.2) is 4.98 Å². The molecule has 0 aliphatic carbocycles. The second-order valence-electron chi connectivity index (χ2n) is 5.77. The minimum absolute atomic E-state index is 0.0601. The standard InChI is InChI=1S/C15H26N2O2S/c1-6-11(4)7-12(5)17-13(10(2)3)8-16-15(17)20-9-14(18)19/h8,10-12H,6-7,9H2,1-5H3,(H,18,19). The number of aromatic nitrogens is 2. The fraction of sp³-hybridized carbons (Fsp3) is 0.733. The number of nitrogens with zero attached hydrogens (tertiary/aromatic N) is 2. The quantitative estimate of drug-likeness (QED) is 0.731. The molecular weight excluding hydrogens is 272 g/mol. The van der Waals surface area contributed by atoms with Crippen LogP contribution in [0.2, 0.25) is 0 Å². The van der Waals surface area contributed by atoms with E-state index >= 15 is 0 Å². The molecule has 5 heteroatoms. The van der Waals surface area contributed by atoms with Crippen LogP contribution in [-0.2, 0) is 4.79 Å². The van der Waals surface area contributed by atoms with Gasteiger partial charge in [-0.15, -0.1) is 0 Å². The number of hydrogen-bond acceptors (Lipinski definition) is 3. The van der Waals surface area contributed by atoms with Crippen molar-refractivity contribution >= 4 is 17.7 Å². The molecule has 0 saturated heterocycles. The lowest BCUT2D eigenvalue weighted by atomic mass is 9.99. The van der Waals surface area contributed by atoms with E-state index in [0.717, 1.165) is 18.0 Å². The molecule has 0 amide bonds. The van der Waals surface area contributed by atoms with E-state index in [1.807, 2.05) is 6.20 Å². The molecule has 0 aromatic carbocycles. The Balaban J connectivity index is 2.98. The number of carboxylic acids is 1. The molecule has 2 atom stereocenters. The average molecular weight is 298 g/mol. The summed E-state index contributed by atoms with van der Waals surface area (Å²) in [7, 11) is 0. The lowest BCUT2D eigenvalue weighted by Crippen LogP contribution is -2.14. The van der Waals surface area contributed by atoms with Crippen LogP contribution in [0, 0.1) is 5.92 Å². The van der Waals surface area contributed by atoms with E-state index < -0.39 is 5.97 Å². The van der Waals surface area contributed by atoms with Crippen molar-refractivity contribution in [2.24, 2.45) is 5.92 Å². The first kappa shape index (κ1) is 17.1. The molecule has 0 bridgehead atoms. The summed E-state index contributed by atoms with van der Waals surface area (Å²) in [5.74, 6) is 0.306. The average Bonchev–Trinajstić information content (AvgIpc) is 2.79. The maximum atomic E-state index is 10.8. The molecule has 4 nitrogen and oxygen atoms in total. The fourth-order valence-corrected chi connectivity index (χ4v) is 3.12. The highest BCUT2D eigenvalue weighted by Crippen LogP contribution is 2.30. The van der Waals surface area contributed by atoms with Crippen LogP contribution in [-0.4, -0.2) is 26.4 Å². The first-order valence-electron chi connectivity index (χ1n) is 7.28. The molecule has 0 saturated carbocycles. The normalized spacial score (nSPS) is 14.5. The van der Waals surface area contributed by atoms with E-state index in [4.69, 9.17) is 5.11 Å². The predicted octanol–water partition coefficient (Wildman–Crippen LogP) is 4.18. The maximum Gasteiger partial charge on any atom is 0.313 e. The molecule has 1 aromatic heterocycles. The van der Waals surface area contributed by atoms with Crippen molar-refractivity contribution in [2.75, 3.05) is 5.75 Å². The SMILES string of the molecule is CCC(C)CC(C)n1c(C(C)C)cnc1SCC(=O)O. The molecule has 114 valence electrons. The largest absolute Gasteiger partial charge is 0.481 e. The summed E-state index contributed by atoms with van der Waals surface area (Å²) >= 11 is 1.31. The van der Waals surface area contributed by atoms with Crippen LogP contribution in [0.15, 0.2) is 11.4 Å². The highest BCUT2D eigenvalue weighted by Gasteiger charge is 2.20. The third kappa shape index (κ3) is 4.54. The zero-order chi connectivity index (χ0) is 15.3. The monoisotopic (exact) mass is 298 g/mol. The third-order valence-electron chi connectivity index (χ3n) is 3.59. The van der Waals surface area contributed by atoms with Crippen LogP contribution in [0.1, 0.15) is 65.1 Å². The minimum Gasteiger partial charge on any atom is -0.481 e. The zero-order valence-corrected chi connectivity index (χ0v) is 13.9. The van der Waals surface area contributed by atoms with Crippen molar-refractivity contribution < 1.29 is 9.90 Å². The van der Waals surface area contributed by atoms with Gasteiger partial charge in [0, 0.05) is 17.9 Å². The molecule has 1 heterocycles. The molecule has 0 radical (unpaired) electrons. The van der Waals surface area contributed by atoms with Gasteiger partial charge in [0.1, 0.15) is 0 Å². The molecule has 1 aromatic rings. The van der Waals surface area contributed by atoms with Crippen LogP contribution in [0.4, 0.5) is 0 Å². The van der Waals surface area contributed by atoms with Crippen LogP contribution in [0.3, 0.4) is 0 Å². The Morgan fingerprint density at radius 2 is 2.05 bits per heavy atom. The van der Waals surface area contributed by atoms with Crippen molar-refractivity contribution in [1.29, 1.82) is 0 Å². The maximum absolute atomic E-state index is 10.8. The fourth-order valence-electron chi connectivity index (χ4n) is 2.31. The number of aliphatic carboxylic acids is 1.